The van der Waals surface area contributed by atoms with Crippen molar-refractivity contribution in [2.45, 2.75) is 44.9 Å². The summed E-state index contributed by atoms with van der Waals surface area (Å²) < 4.78 is 6.69. The average Bonchev–Trinajstić information content (AvgIpc) is 3.49. The molecule has 188 valence electrons. The van der Waals surface area contributed by atoms with Crippen LogP contribution in [-0.2, 0) is 10.2 Å². The number of hydrogen-bond donors (Lipinski definition) is 0. The molecule has 2 aromatic rings. The van der Waals surface area contributed by atoms with Gasteiger partial charge < -0.3 is 14.5 Å². The van der Waals surface area contributed by atoms with E-state index in [1.807, 2.05) is 36.9 Å². The molecule has 1 atom stereocenters. The second kappa shape index (κ2) is 10.1. The first-order valence-electron chi connectivity index (χ1n) is 12.1. The monoisotopic (exact) mass is 561 g/mol. The van der Waals surface area contributed by atoms with Crippen LogP contribution in [0, 0.1) is 11.3 Å². The average molecular weight is 563 g/mol. The molecule has 1 spiro atoms. The number of hydrogen-bond acceptors (Lipinski definition) is 4. The predicted octanol–water partition coefficient (Wildman–Crippen LogP) is 5.57. The Hall–Kier alpha value is -2.12. The molecule has 2 amide bonds. The number of carbonyl (C=O) groups is 2. The molecule has 4 rings (SSSR count). The number of nitrogens with zero attached hydrogens (tertiary/aromatic N) is 3. The van der Waals surface area contributed by atoms with Gasteiger partial charge in [0.15, 0.2) is 0 Å². The molecular weight excluding hydrogens is 530 g/mol. The van der Waals surface area contributed by atoms with Gasteiger partial charge in [0.1, 0.15) is 10.4 Å². The maximum atomic E-state index is 13.3. The van der Waals surface area contributed by atoms with E-state index in [0.29, 0.717) is 34.3 Å². The van der Waals surface area contributed by atoms with Gasteiger partial charge in [0.05, 0.1) is 28.3 Å². The van der Waals surface area contributed by atoms with Crippen molar-refractivity contribution in [2.24, 2.45) is 11.3 Å². The van der Waals surface area contributed by atoms with Gasteiger partial charge in [-0.2, -0.15) is 0 Å². The Bertz CT molecular complexity index is 1110. The maximum Gasteiger partial charge on any atom is 0.254 e. The molecule has 1 saturated carbocycles. The number of likely N-dealkylation sites (tertiary alicyclic amines) is 1. The zero-order chi connectivity index (χ0) is 25.4. The molecule has 1 aromatic carbocycles. The fraction of sp³-hybridized carbons (Fsp3) is 0.519. The number of rotatable bonds is 7. The predicted molar refractivity (Wildman–Crippen MR) is 141 cm³/mol. The number of ether oxygens (including phenoxy) is 1. The van der Waals surface area contributed by atoms with Crippen LogP contribution in [0.5, 0.6) is 5.75 Å². The molecule has 1 aliphatic carbocycles. The maximum absolute atomic E-state index is 13.3. The van der Waals surface area contributed by atoms with Crippen molar-refractivity contribution < 1.29 is 14.3 Å². The number of pyridine rings is 1. The van der Waals surface area contributed by atoms with E-state index in [-0.39, 0.29) is 11.8 Å². The van der Waals surface area contributed by atoms with E-state index in [0.717, 1.165) is 42.6 Å². The zero-order valence-electron chi connectivity index (χ0n) is 20.8. The van der Waals surface area contributed by atoms with E-state index in [4.69, 9.17) is 16.3 Å². The lowest BCUT2D eigenvalue weighted by Gasteiger charge is -2.37. The van der Waals surface area contributed by atoms with Crippen molar-refractivity contribution in [1.29, 1.82) is 0 Å². The van der Waals surface area contributed by atoms with E-state index in [9.17, 15) is 9.59 Å². The molecule has 0 unspecified atom stereocenters. The minimum Gasteiger partial charge on any atom is -0.494 e. The van der Waals surface area contributed by atoms with Gasteiger partial charge in [-0.15, -0.1) is 0 Å². The van der Waals surface area contributed by atoms with Gasteiger partial charge in [0, 0.05) is 27.2 Å². The Balaban J connectivity index is 1.25. The van der Waals surface area contributed by atoms with Crippen molar-refractivity contribution in [3.8, 4) is 5.75 Å². The minimum absolute atomic E-state index is 0.123. The Morgan fingerprint density at radius 2 is 1.94 bits per heavy atom. The van der Waals surface area contributed by atoms with Crippen LogP contribution < -0.4 is 4.74 Å². The van der Waals surface area contributed by atoms with Crippen LogP contribution >= 0.6 is 27.5 Å². The van der Waals surface area contributed by atoms with E-state index < -0.39 is 5.41 Å². The first-order valence-corrected chi connectivity index (χ1v) is 13.3. The molecule has 35 heavy (non-hydrogen) atoms. The summed E-state index contributed by atoms with van der Waals surface area (Å²) in [7, 11) is 3.41. The highest BCUT2D eigenvalue weighted by molar-refractivity contribution is 9.10. The second-order valence-electron chi connectivity index (χ2n) is 10.5. The van der Waals surface area contributed by atoms with Gasteiger partial charge >= 0.3 is 0 Å². The van der Waals surface area contributed by atoms with E-state index >= 15 is 0 Å². The molecule has 8 heteroatoms. The third-order valence-corrected chi connectivity index (χ3v) is 8.36. The molecule has 0 N–H and O–H groups in total. The summed E-state index contributed by atoms with van der Waals surface area (Å²) in [5.41, 5.74) is 0.958. The van der Waals surface area contributed by atoms with Gasteiger partial charge in [0.2, 0.25) is 5.91 Å². The fourth-order valence-corrected chi connectivity index (χ4v) is 5.78. The molecule has 0 radical (unpaired) electrons. The van der Waals surface area contributed by atoms with E-state index in [1.54, 1.807) is 32.3 Å². The lowest BCUT2D eigenvalue weighted by atomic mass is 9.84. The highest BCUT2D eigenvalue weighted by Crippen LogP contribution is 2.61. The SMILES string of the molecule is CN(C)C(=O)c1ccc(OCC[C@H]2CC23CCN(C(=O)C(C)(C)c2cccc(Br)n2)CC3)cc1Cl. The number of piperidine rings is 1. The van der Waals surface area contributed by atoms with Crippen molar-refractivity contribution in [3.05, 3.63) is 57.3 Å². The van der Waals surface area contributed by atoms with Gasteiger partial charge in [-0.25, -0.2) is 4.98 Å². The topological polar surface area (TPSA) is 62.7 Å². The van der Waals surface area contributed by atoms with Gasteiger partial charge in [0.25, 0.3) is 5.91 Å². The van der Waals surface area contributed by atoms with Crippen molar-refractivity contribution >= 4 is 39.3 Å². The van der Waals surface area contributed by atoms with Crippen LogP contribution in [0.25, 0.3) is 0 Å². The lowest BCUT2D eigenvalue weighted by Crippen LogP contribution is -2.48. The highest BCUT2D eigenvalue weighted by atomic mass is 79.9. The summed E-state index contributed by atoms with van der Waals surface area (Å²) in [5, 5.41) is 0.405. The number of halogens is 2. The number of amides is 2. The Kier molecular flexibility index (Phi) is 7.49. The smallest absolute Gasteiger partial charge is 0.254 e. The Morgan fingerprint density at radius 1 is 1.23 bits per heavy atom. The summed E-state index contributed by atoms with van der Waals surface area (Å²) >= 11 is 9.71. The lowest BCUT2D eigenvalue weighted by molar-refractivity contribution is -0.138. The largest absolute Gasteiger partial charge is 0.494 e. The standard InChI is InChI=1S/C27H33BrClN3O3/c1-26(2,22-6-5-7-23(28)30-22)25(34)32-13-11-27(12-14-32)17-18(27)10-15-35-19-8-9-20(21(29)16-19)24(33)31(3)4/h5-9,16,18H,10-15,17H2,1-4H3/t18-/m0/s1. The Labute approximate surface area is 221 Å². The van der Waals surface area contributed by atoms with Crippen LogP contribution in [-0.4, -0.2) is 60.4 Å². The fourth-order valence-electron chi connectivity index (χ4n) is 5.19. The van der Waals surface area contributed by atoms with Crippen LogP contribution in [0.1, 0.15) is 55.6 Å². The zero-order valence-corrected chi connectivity index (χ0v) is 23.2. The number of aromatic nitrogens is 1. The van der Waals surface area contributed by atoms with Gasteiger partial charge in [-0.1, -0.05) is 17.7 Å². The molecule has 2 aliphatic rings. The Morgan fingerprint density at radius 3 is 2.57 bits per heavy atom. The molecule has 6 nitrogen and oxygen atoms in total. The summed E-state index contributed by atoms with van der Waals surface area (Å²) in [4.78, 5) is 33.5. The van der Waals surface area contributed by atoms with Crippen LogP contribution in [0.2, 0.25) is 5.02 Å². The van der Waals surface area contributed by atoms with Gasteiger partial charge in [-0.05, 0) is 97.1 Å². The summed E-state index contributed by atoms with van der Waals surface area (Å²) in [6.45, 7) is 6.13. The molecule has 1 saturated heterocycles. The quantitative estimate of drug-likeness (QED) is 0.414. The summed E-state index contributed by atoms with van der Waals surface area (Å²) in [5.74, 6) is 1.34. The molecule has 0 bridgehead atoms. The third-order valence-electron chi connectivity index (χ3n) is 7.61. The van der Waals surface area contributed by atoms with Crippen molar-refractivity contribution in [1.82, 2.24) is 14.8 Å². The van der Waals surface area contributed by atoms with Crippen LogP contribution in [0.15, 0.2) is 41.0 Å². The van der Waals surface area contributed by atoms with Crippen molar-refractivity contribution in [3.63, 3.8) is 0 Å². The summed E-state index contributed by atoms with van der Waals surface area (Å²) in [6, 6.07) is 11.0. The molecule has 2 heterocycles. The first-order chi connectivity index (χ1) is 16.5. The normalized spacial score (nSPS) is 18.9. The number of carbonyl (C=O) groups excluding carboxylic acids is 2. The molecule has 2 fully saturated rings. The second-order valence-corrected chi connectivity index (χ2v) is 11.7. The van der Waals surface area contributed by atoms with Crippen LogP contribution in [0.3, 0.4) is 0 Å². The number of benzene rings is 1. The molecule has 1 aromatic heterocycles. The first kappa shape index (κ1) is 26.0. The van der Waals surface area contributed by atoms with E-state index in [2.05, 4.69) is 20.9 Å². The van der Waals surface area contributed by atoms with Crippen molar-refractivity contribution in [2.75, 3.05) is 33.8 Å². The van der Waals surface area contributed by atoms with Crippen LogP contribution in [0.4, 0.5) is 0 Å². The van der Waals surface area contributed by atoms with Gasteiger partial charge in [-0.3, -0.25) is 9.59 Å². The minimum atomic E-state index is -0.654. The molecular formula is C27H33BrClN3O3. The highest BCUT2D eigenvalue weighted by Gasteiger charge is 2.55. The molecule has 1 aliphatic heterocycles. The third kappa shape index (κ3) is 5.51. The van der Waals surface area contributed by atoms with E-state index in [1.165, 1.54) is 11.3 Å². The summed E-state index contributed by atoms with van der Waals surface area (Å²) in [6.07, 6.45) is 4.26.